The summed E-state index contributed by atoms with van der Waals surface area (Å²) in [6.45, 7) is 4.65. The van der Waals surface area contributed by atoms with Crippen LogP contribution in [0.4, 0.5) is 17.6 Å². The van der Waals surface area contributed by atoms with Crippen LogP contribution in [0.5, 0.6) is 0 Å². The lowest BCUT2D eigenvalue weighted by Crippen LogP contribution is -2.42. The first kappa shape index (κ1) is 21.3. The Balaban J connectivity index is 0.000000200. The SMILES string of the molecule is CC1COCCN1Cc1cc(F)cc(C(F)(F)F)c1.O=C1NCc2ccccc21. The molecule has 29 heavy (non-hydrogen) atoms. The van der Waals surface area contributed by atoms with Crippen LogP contribution < -0.4 is 5.32 Å². The first-order valence-electron chi connectivity index (χ1n) is 9.28. The molecule has 2 heterocycles. The number of morpholine rings is 1. The molecule has 0 aliphatic carbocycles. The molecule has 1 unspecified atom stereocenters. The van der Waals surface area contributed by atoms with Gasteiger partial charge in [0, 0.05) is 31.2 Å². The smallest absolute Gasteiger partial charge is 0.379 e. The van der Waals surface area contributed by atoms with Crippen LogP contribution in [0.2, 0.25) is 0 Å². The minimum absolute atomic E-state index is 0.0515. The Bertz CT molecular complexity index is 870. The molecule has 4 rings (SSSR count). The Morgan fingerprint density at radius 2 is 1.97 bits per heavy atom. The van der Waals surface area contributed by atoms with E-state index in [2.05, 4.69) is 5.32 Å². The predicted octanol–water partition coefficient (Wildman–Crippen LogP) is 4.00. The summed E-state index contributed by atoms with van der Waals surface area (Å²) in [7, 11) is 0. The highest BCUT2D eigenvalue weighted by atomic mass is 19.4. The number of nitrogens with one attached hydrogen (secondary N) is 1. The number of hydrogen-bond donors (Lipinski definition) is 1. The number of carbonyl (C=O) groups is 1. The fraction of sp³-hybridized carbons (Fsp3) is 0.381. The predicted molar refractivity (Wildman–Crippen MR) is 99.7 cm³/mol. The second-order valence-corrected chi connectivity index (χ2v) is 7.08. The van der Waals surface area contributed by atoms with Gasteiger partial charge in [-0.05, 0) is 42.3 Å². The van der Waals surface area contributed by atoms with E-state index in [0.29, 0.717) is 44.5 Å². The van der Waals surface area contributed by atoms with E-state index in [4.69, 9.17) is 4.74 Å². The average molecular weight is 410 g/mol. The Morgan fingerprint density at radius 1 is 1.21 bits per heavy atom. The third-order valence-corrected chi connectivity index (χ3v) is 4.88. The number of benzene rings is 2. The third kappa shape index (κ3) is 5.55. The maximum Gasteiger partial charge on any atom is 0.416 e. The van der Waals surface area contributed by atoms with Gasteiger partial charge in [0.05, 0.1) is 18.8 Å². The molecule has 2 aromatic carbocycles. The number of carbonyl (C=O) groups excluding carboxylic acids is 1. The number of amides is 1. The van der Waals surface area contributed by atoms with Crippen molar-refractivity contribution in [1.29, 1.82) is 0 Å². The molecule has 0 aromatic heterocycles. The molecule has 1 atom stereocenters. The molecule has 1 N–H and O–H groups in total. The number of fused-ring (bicyclic) bond motifs is 1. The molecule has 8 heteroatoms. The molecule has 2 aliphatic rings. The van der Waals surface area contributed by atoms with E-state index < -0.39 is 17.6 Å². The molecule has 1 saturated heterocycles. The van der Waals surface area contributed by atoms with Gasteiger partial charge in [-0.15, -0.1) is 0 Å². The van der Waals surface area contributed by atoms with Crippen molar-refractivity contribution in [2.24, 2.45) is 0 Å². The normalized spacial score (nSPS) is 19.2. The fourth-order valence-corrected chi connectivity index (χ4v) is 3.30. The van der Waals surface area contributed by atoms with E-state index >= 15 is 0 Å². The lowest BCUT2D eigenvalue weighted by molar-refractivity contribution is -0.137. The minimum Gasteiger partial charge on any atom is -0.379 e. The summed E-state index contributed by atoms with van der Waals surface area (Å²) in [4.78, 5) is 12.9. The van der Waals surface area contributed by atoms with Crippen LogP contribution in [0.25, 0.3) is 0 Å². The van der Waals surface area contributed by atoms with Crippen molar-refractivity contribution in [3.63, 3.8) is 0 Å². The van der Waals surface area contributed by atoms with Gasteiger partial charge in [-0.3, -0.25) is 9.69 Å². The van der Waals surface area contributed by atoms with E-state index in [9.17, 15) is 22.4 Å². The van der Waals surface area contributed by atoms with Crippen molar-refractivity contribution in [3.8, 4) is 0 Å². The first-order chi connectivity index (χ1) is 13.7. The monoisotopic (exact) mass is 410 g/mol. The fourth-order valence-electron chi connectivity index (χ4n) is 3.30. The molecule has 1 amide bonds. The van der Waals surface area contributed by atoms with E-state index in [-0.39, 0.29) is 11.9 Å². The van der Waals surface area contributed by atoms with Crippen LogP contribution in [0.15, 0.2) is 42.5 Å². The van der Waals surface area contributed by atoms with Crippen LogP contribution >= 0.6 is 0 Å². The molecule has 156 valence electrons. The Kier molecular flexibility index (Phi) is 6.54. The molecule has 1 fully saturated rings. The summed E-state index contributed by atoms with van der Waals surface area (Å²) in [5.41, 5.74) is 1.32. The largest absolute Gasteiger partial charge is 0.416 e. The molecule has 0 radical (unpaired) electrons. The Hall–Kier alpha value is -2.45. The van der Waals surface area contributed by atoms with Gasteiger partial charge in [0.2, 0.25) is 0 Å². The van der Waals surface area contributed by atoms with Crippen LogP contribution in [0.3, 0.4) is 0 Å². The molecule has 2 aromatic rings. The molecule has 0 saturated carbocycles. The summed E-state index contributed by atoms with van der Waals surface area (Å²) in [5.74, 6) is -0.804. The minimum atomic E-state index is -4.52. The van der Waals surface area contributed by atoms with Crippen LogP contribution in [0, 0.1) is 5.82 Å². The lowest BCUT2D eigenvalue weighted by Gasteiger charge is -2.33. The second-order valence-electron chi connectivity index (χ2n) is 7.08. The molecule has 0 bridgehead atoms. The summed E-state index contributed by atoms with van der Waals surface area (Å²) in [6, 6.07) is 10.4. The number of hydrogen-bond acceptors (Lipinski definition) is 3. The van der Waals surface area contributed by atoms with Crippen LogP contribution in [-0.2, 0) is 24.0 Å². The van der Waals surface area contributed by atoms with E-state index in [1.54, 1.807) is 0 Å². The van der Waals surface area contributed by atoms with Crippen molar-refractivity contribution >= 4 is 5.91 Å². The standard InChI is InChI=1S/C13H15F4NO.C8H7NO/c1-9-8-19-3-2-18(9)7-10-4-11(13(15,16)17)6-12(14)5-10;10-8-7-4-2-1-3-6(7)5-9-8/h4-6,9H,2-3,7-8H2,1H3;1-4H,5H2,(H,9,10). The number of ether oxygens (including phenoxy) is 1. The zero-order chi connectivity index (χ0) is 21.0. The topological polar surface area (TPSA) is 41.6 Å². The number of rotatable bonds is 2. The highest BCUT2D eigenvalue weighted by Gasteiger charge is 2.31. The van der Waals surface area contributed by atoms with Gasteiger partial charge in [-0.25, -0.2) is 4.39 Å². The second kappa shape index (κ2) is 8.92. The van der Waals surface area contributed by atoms with E-state index in [1.165, 1.54) is 0 Å². The summed E-state index contributed by atoms with van der Waals surface area (Å²) in [5, 5.41) is 2.75. The van der Waals surface area contributed by atoms with Crippen molar-refractivity contribution < 1.29 is 27.1 Å². The summed E-state index contributed by atoms with van der Waals surface area (Å²) in [6.07, 6.45) is -4.52. The van der Waals surface area contributed by atoms with Crippen LogP contribution in [0.1, 0.15) is 34.0 Å². The molecule has 4 nitrogen and oxygen atoms in total. The lowest BCUT2D eigenvalue weighted by atomic mass is 10.1. The Morgan fingerprint density at radius 3 is 2.66 bits per heavy atom. The first-order valence-corrected chi connectivity index (χ1v) is 9.28. The quantitative estimate of drug-likeness (QED) is 0.762. The maximum absolute atomic E-state index is 13.3. The van der Waals surface area contributed by atoms with Crippen LogP contribution in [-0.4, -0.2) is 36.6 Å². The maximum atomic E-state index is 13.3. The molecular weight excluding hydrogens is 388 g/mol. The number of halogens is 4. The molecule has 2 aliphatic heterocycles. The molecule has 0 spiro atoms. The zero-order valence-corrected chi connectivity index (χ0v) is 15.9. The van der Waals surface area contributed by atoms with Crippen molar-refractivity contribution in [3.05, 3.63) is 70.5 Å². The average Bonchev–Trinajstić information content (AvgIpc) is 3.05. The van der Waals surface area contributed by atoms with Gasteiger partial charge < -0.3 is 10.1 Å². The van der Waals surface area contributed by atoms with Gasteiger partial charge in [0.25, 0.3) is 5.91 Å². The molecular formula is C21H22F4N2O2. The van der Waals surface area contributed by atoms with Crippen molar-refractivity contribution in [2.75, 3.05) is 19.8 Å². The summed E-state index contributed by atoms with van der Waals surface area (Å²) < 4.78 is 56.3. The zero-order valence-electron chi connectivity index (χ0n) is 15.9. The van der Waals surface area contributed by atoms with Gasteiger partial charge in [-0.1, -0.05) is 18.2 Å². The number of alkyl halides is 3. The van der Waals surface area contributed by atoms with Gasteiger partial charge in [0.15, 0.2) is 0 Å². The van der Waals surface area contributed by atoms with Crippen molar-refractivity contribution in [2.45, 2.75) is 32.2 Å². The highest BCUT2D eigenvalue weighted by molar-refractivity contribution is 5.98. The Labute approximate surface area is 166 Å². The summed E-state index contributed by atoms with van der Waals surface area (Å²) >= 11 is 0. The highest BCUT2D eigenvalue weighted by Crippen LogP contribution is 2.30. The van der Waals surface area contributed by atoms with E-state index in [0.717, 1.165) is 23.3 Å². The van der Waals surface area contributed by atoms with Gasteiger partial charge in [-0.2, -0.15) is 13.2 Å². The van der Waals surface area contributed by atoms with Gasteiger partial charge >= 0.3 is 6.18 Å². The third-order valence-electron chi connectivity index (χ3n) is 4.88. The van der Waals surface area contributed by atoms with Crippen molar-refractivity contribution in [1.82, 2.24) is 10.2 Å². The van der Waals surface area contributed by atoms with Gasteiger partial charge in [0.1, 0.15) is 5.82 Å². The number of nitrogens with zero attached hydrogens (tertiary/aromatic N) is 1. The van der Waals surface area contributed by atoms with E-state index in [1.807, 2.05) is 36.1 Å².